The van der Waals surface area contributed by atoms with E-state index in [0.717, 1.165) is 11.0 Å². The summed E-state index contributed by atoms with van der Waals surface area (Å²) < 4.78 is 0. The maximum atomic E-state index is 5.78. The number of hydrogen-bond acceptors (Lipinski definition) is 3. The Morgan fingerprint density at radius 3 is 2.85 bits per heavy atom. The SMILES string of the molecule is CC(C1CC1)N(C)c1nc(Cl)cs1. The Balaban J connectivity index is 2.06. The molecule has 1 fully saturated rings. The molecule has 0 saturated heterocycles. The lowest BCUT2D eigenvalue weighted by Gasteiger charge is -2.23. The van der Waals surface area contributed by atoms with Crippen molar-refractivity contribution >= 4 is 28.1 Å². The number of hydrogen-bond donors (Lipinski definition) is 0. The Morgan fingerprint density at radius 1 is 1.69 bits per heavy atom. The maximum Gasteiger partial charge on any atom is 0.186 e. The number of rotatable bonds is 3. The number of aromatic nitrogens is 1. The van der Waals surface area contributed by atoms with Gasteiger partial charge in [-0.15, -0.1) is 11.3 Å². The molecule has 0 bridgehead atoms. The molecule has 1 heterocycles. The van der Waals surface area contributed by atoms with Gasteiger partial charge < -0.3 is 4.90 Å². The first-order chi connectivity index (χ1) is 6.18. The minimum absolute atomic E-state index is 0.599. The maximum absolute atomic E-state index is 5.78. The van der Waals surface area contributed by atoms with Crippen molar-refractivity contribution in [2.24, 2.45) is 5.92 Å². The van der Waals surface area contributed by atoms with Crippen LogP contribution in [0.4, 0.5) is 5.13 Å². The summed E-state index contributed by atoms with van der Waals surface area (Å²) in [5, 5.41) is 3.52. The van der Waals surface area contributed by atoms with Gasteiger partial charge in [0, 0.05) is 18.5 Å². The summed E-state index contributed by atoms with van der Waals surface area (Å²) in [6, 6.07) is 0.599. The molecule has 0 aliphatic heterocycles. The Bertz CT molecular complexity index is 296. The third-order valence-corrected chi connectivity index (χ3v) is 3.94. The van der Waals surface area contributed by atoms with E-state index in [9.17, 15) is 0 Å². The van der Waals surface area contributed by atoms with E-state index >= 15 is 0 Å². The van der Waals surface area contributed by atoms with Crippen LogP contribution in [0.1, 0.15) is 19.8 Å². The molecule has 1 aliphatic carbocycles. The first-order valence-corrected chi connectivity index (χ1v) is 5.78. The Labute approximate surface area is 87.5 Å². The molecule has 0 aromatic carbocycles. The van der Waals surface area contributed by atoms with Crippen LogP contribution in [0, 0.1) is 5.92 Å². The van der Waals surface area contributed by atoms with Crippen molar-refractivity contribution in [2.45, 2.75) is 25.8 Å². The van der Waals surface area contributed by atoms with Crippen molar-refractivity contribution in [1.82, 2.24) is 4.98 Å². The van der Waals surface area contributed by atoms with Crippen molar-refractivity contribution in [3.05, 3.63) is 10.5 Å². The summed E-state index contributed by atoms with van der Waals surface area (Å²) in [6.45, 7) is 2.26. The van der Waals surface area contributed by atoms with Gasteiger partial charge >= 0.3 is 0 Å². The Kier molecular flexibility index (Phi) is 2.47. The van der Waals surface area contributed by atoms with E-state index in [0.29, 0.717) is 11.2 Å². The average Bonchev–Trinajstić information content (AvgIpc) is 2.87. The molecule has 1 saturated carbocycles. The van der Waals surface area contributed by atoms with Crippen LogP contribution in [0.3, 0.4) is 0 Å². The largest absolute Gasteiger partial charge is 0.348 e. The molecule has 4 heteroatoms. The molecule has 0 spiro atoms. The van der Waals surface area contributed by atoms with E-state index in [4.69, 9.17) is 11.6 Å². The molecule has 72 valence electrons. The number of halogens is 1. The smallest absolute Gasteiger partial charge is 0.186 e. The summed E-state index contributed by atoms with van der Waals surface area (Å²) in [7, 11) is 2.10. The number of anilines is 1. The Morgan fingerprint density at radius 2 is 2.38 bits per heavy atom. The van der Waals surface area contributed by atoms with Gasteiger partial charge in [0.05, 0.1) is 0 Å². The summed E-state index contributed by atoms with van der Waals surface area (Å²) in [5.41, 5.74) is 0. The second-order valence-electron chi connectivity index (χ2n) is 3.64. The van der Waals surface area contributed by atoms with Crippen molar-refractivity contribution in [1.29, 1.82) is 0 Å². The van der Waals surface area contributed by atoms with E-state index in [2.05, 4.69) is 23.9 Å². The second-order valence-corrected chi connectivity index (χ2v) is 4.87. The molecule has 1 aromatic heterocycles. The molecule has 13 heavy (non-hydrogen) atoms. The van der Waals surface area contributed by atoms with E-state index in [-0.39, 0.29) is 0 Å². The number of thiazole rings is 1. The van der Waals surface area contributed by atoms with Crippen LogP contribution in [0.15, 0.2) is 5.38 Å². The normalized spacial score (nSPS) is 18.7. The van der Waals surface area contributed by atoms with Crippen molar-refractivity contribution < 1.29 is 0 Å². The van der Waals surface area contributed by atoms with Crippen molar-refractivity contribution in [3.63, 3.8) is 0 Å². The molecule has 1 unspecified atom stereocenters. The predicted molar refractivity (Wildman–Crippen MR) is 57.7 cm³/mol. The summed E-state index contributed by atoms with van der Waals surface area (Å²) >= 11 is 7.39. The summed E-state index contributed by atoms with van der Waals surface area (Å²) in [5.74, 6) is 0.868. The molecule has 1 atom stereocenters. The fourth-order valence-electron chi connectivity index (χ4n) is 1.48. The second kappa shape index (κ2) is 3.46. The molecule has 2 rings (SSSR count). The first-order valence-electron chi connectivity index (χ1n) is 4.52. The zero-order valence-electron chi connectivity index (χ0n) is 7.83. The van der Waals surface area contributed by atoms with Gasteiger partial charge in [-0.05, 0) is 25.7 Å². The topological polar surface area (TPSA) is 16.1 Å². The molecular weight excluding hydrogens is 204 g/mol. The first kappa shape index (κ1) is 9.28. The van der Waals surface area contributed by atoms with E-state index < -0.39 is 0 Å². The molecule has 1 aromatic rings. The molecule has 0 N–H and O–H groups in total. The third-order valence-electron chi connectivity index (χ3n) is 2.68. The van der Waals surface area contributed by atoms with Crippen LogP contribution >= 0.6 is 22.9 Å². The molecule has 0 radical (unpaired) electrons. The van der Waals surface area contributed by atoms with Gasteiger partial charge in [0.25, 0.3) is 0 Å². The van der Waals surface area contributed by atoms with Crippen molar-refractivity contribution in [2.75, 3.05) is 11.9 Å². The third kappa shape index (κ3) is 1.97. The quantitative estimate of drug-likeness (QED) is 0.772. The monoisotopic (exact) mass is 216 g/mol. The van der Waals surface area contributed by atoms with Gasteiger partial charge in [0.2, 0.25) is 0 Å². The molecular formula is C9H13ClN2S. The highest BCUT2D eigenvalue weighted by Crippen LogP contribution is 2.37. The van der Waals surface area contributed by atoms with Gasteiger partial charge in [0.1, 0.15) is 5.15 Å². The van der Waals surface area contributed by atoms with Gasteiger partial charge in [0.15, 0.2) is 5.13 Å². The van der Waals surface area contributed by atoms with Crippen LogP contribution in [-0.2, 0) is 0 Å². The van der Waals surface area contributed by atoms with Gasteiger partial charge in [-0.3, -0.25) is 0 Å². The molecule has 2 nitrogen and oxygen atoms in total. The lowest BCUT2D eigenvalue weighted by Crippen LogP contribution is -2.30. The fraction of sp³-hybridized carbons (Fsp3) is 0.667. The Hall–Kier alpha value is -0.280. The zero-order valence-corrected chi connectivity index (χ0v) is 9.40. The van der Waals surface area contributed by atoms with Crippen LogP contribution in [0.2, 0.25) is 5.15 Å². The molecule has 1 aliphatic rings. The van der Waals surface area contributed by atoms with Gasteiger partial charge in [-0.2, -0.15) is 0 Å². The van der Waals surface area contributed by atoms with Crippen LogP contribution in [0.25, 0.3) is 0 Å². The highest BCUT2D eigenvalue weighted by atomic mass is 35.5. The van der Waals surface area contributed by atoms with Crippen LogP contribution < -0.4 is 4.90 Å². The van der Waals surface area contributed by atoms with Gasteiger partial charge in [-0.25, -0.2) is 4.98 Å². The summed E-state index contributed by atoms with van der Waals surface area (Å²) in [6.07, 6.45) is 2.73. The van der Waals surface area contributed by atoms with Crippen LogP contribution in [-0.4, -0.2) is 18.1 Å². The fourth-order valence-corrected chi connectivity index (χ4v) is 2.48. The lowest BCUT2D eigenvalue weighted by molar-refractivity contribution is 0.608. The van der Waals surface area contributed by atoms with E-state index in [1.807, 2.05) is 5.38 Å². The van der Waals surface area contributed by atoms with Gasteiger partial charge in [-0.1, -0.05) is 11.6 Å². The minimum Gasteiger partial charge on any atom is -0.348 e. The minimum atomic E-state index is 0.599. The highest BCUT2D eigenvalue weighted by molar-refractivity contribution is 7.14. The van der Waals surface area contributed by atoms with Crippen LogP contribution in [0.5, 0.6) is 0 Å². The zero-order chi connectivity index (χ0) is 9.42. The predicted octanol–water partition coefficient (Wildman–Crippen LogP) is 3.03. The summed E-state index contributed by atoms with van der Waals surface area (Å²) in [4.78, 5) is 6.48. The average molecular weight is 217 g/mol. The highest BCUT2D eigenvalue weighted by Gasteiger charge is 2.31. The van der Waals surface area contributed by atoms with E-state index in [1.165, 1.54) is 12.8 Å². The standard InChI is InChI=1S/C9H13ClN2S/c1-6(7-3-4-7)12(2)9-11-8(10)5-13-9/h5-7H,3-4H2,1-2H3. The number of nitrogens with zero attached hydrogens (tertiary/aromatic N) is 2. The van der Waals surface area contributed by atoms with Crippen molar-refractivity contribution in [3.8, 4) is 0 Å². The molecule has 0 amide bonds. The van der Waals surface area contributed by atoms with E-state index in [1.54, 1.807) is 11.3 Å². The lowest BCUT2D eigenvalue weighted by atomic mass is 10.2.